The number of anilines is 1. The number of hydrogen-bond acceptors (Lipinski definition) is 5. The summed E-state index contributed by atoms with van der Waals surface area (Å²) < 4.78 is 3.76. The Bertz CT molecular complexity index is 950. The first-order valence-corrected chi connectivity index (χ1v) is 8.08. The third kappa shape index (κ3) is 2.68. The van der Waals surface area contributed by atoms with Gasteiger partial charge < -0.3 is 9.72 Å². The Hall–Kier alpha value is -2.96. The Kier molecular flexibility index (Phi) is 3.60. The van der Waals surface area contributed by atoms with Crippen LogP contribution in [0.2, 0.25) is 0 Å². The first kappa shape index (κ1) is 14.6. The zero-order chi connectivity index (χ0) is 16.5. The van der Waals surface area contributed by atoms with Gasteiger partial charge in [-0.3, -0.25) is 0 Å². The molecule has 7 nitrogen and oxygen atoms in total. The van der Waals surface area contributed by atoms with Gasteiger partial charge in [-0.15, -0.1) is 10.2 Å². The largest absolute Gasteiger partial charge is 0.381 e. The van der Waals surface area contributed by atoms with E-state index in [4.69, 9.17) is 0 Å². The van der Waals surface area contributed by atoms with Gasteiger partial charge in [0.25, 0.3) is 0 Å². The number of imidazole rings is 1. The molecule has 4 heterocycles. The molecule has 0 spiro atoms. The fraction of sp³-hybridized carbons (Fsp3) is 0.294. The zero-order valence-corrected chi connectivity index (χ0v) is 13.7. The van der Waals surface area contributed by atoms with Gasteiger partial charge in [-0.1, -0.05) is 19.9 Å². The summed E-state index contributed by atoms with van der Waals surface area (Å²) in [5.74, 6) is 0.343. The molecular weight excluding hydrogens is 302 g/mol. The van der Waals surface area contributed by atoms with E-state index in [9.17, 15) is 0 Å². The lowest BCUT2D eigenvalue weighted by Gasteiger charge is -2.10. The van der Waals surface area contributed by atoms with Crippen LogP contribution in [0.4, 0.5) is 5.69 Å². The summed E-state index contributed by atoms with van der Waals surface area (Å²) in [6.07, 6.45) is 6.54. The van der Waals surface area contributed by atoms with Crippen molar-refractivity contribution >= 4 is 17.0 Å². The average molecular weight is 321 g/mol. The van der Waals surface area contributed by atoms with E-state index in [1.807, 2.05) is 28.8 Å². The molecule has 4 aromatic rings. The Morgan fingerprint density at radius 2 is 2.17 bits per heavy atom. The van der Waals surface area contributed by atoms with Crippen LogP contribution in [0, 0.1) is 0 Å². The van der Waals surface area contributed by atoms with Crippen molar-refractivity contribution in [1.29, 1.82) is 0 Å². The third-order valence-electron chi connectivity index (χ3n) is 3.99. The highest BCUT2D eigenvalue weighted by atomic mass is 15.3. The number of aromatic nitrogens is 6. The van der Waals surface area contributed by atoms with E-state index >= 15 is 0 Å². The maximum absolute atomic E-state index is 4.62. The summed E-state index contributed by atoms with van der Waals surface area (Å²) in [5, 5.41) is 16.1. The lowest BCUT2D eigenvalue weighted by Crippen LogP contribution is -2.09. The van der Waals surface area contributed by atoms with E-state index < -0.39 is 0 Å². The van der Waals surface area contributed by atoms with Gasteiger partial charge in [-0.2, -0.15) is 9.61 Å². The first-order chi connectivity index (χ1) is 11.7. The average Bonchev–Trinajstić information content (AvgIpc) is 3.20. The Balaban J connectivity index is 1.53. The van der Waals surface area contributed by atoms with Gasteiger partial charge in [-0.25, -0.2) is 4.98 Å². The van der Waals surface area contributed by atoms with E-state index in [2.05, 4.69) is 51.7 Å². The number of hydrogen-bond donors (Lipinski definition) is 1. The minimum atomic E-state index is 0.343. The molecule has 0 aliphatic heterocycles. The Labute approximate surface area is 139 Å². The van der Waals surface area contributed by atoms with Gasteiger partial charge in [0.2, 0.25) is 5.65 Å². The molecule has 0 saturated heterocycles. The molecule has 4 aromatic heterocycles. The van der Waals surface area contributed by atoms with Crippen molar-refractivity contribution in [3.05, 3.63) is 54.4 Å². The van der Waals surface area contributed by atoms with E-state index in [0.717, 1.165) is 41.3 Å². The number of fused-ring (bicyclic) bond motifs is 2. The Morgan fingerprint density at radius 3 is 3.00 bits per heavy atom. The summed E-state index contributed by atoms with van der Waals surface area (Å²) in [4.78, 5) is 4.62. The van der Waals surface area contributed by atoms with Gasteiger partial charge in [0, 0.05) is 25.4 Å². The number of rotatable bonds is 5. The summed E-state index contributed by atoms with van der Waals surface area (Å²) >= 11 is 0. The molecule has 0 aliphatic carbocycles. The van der Waals surface area contributed by atoms with Crippen molar-refractivity contribution in [2.75, 3.05) is 11.9 Å². The van der Waals surface area contributed by atoms with Crippen LogP contribution in [-0.2, 0) is 6.42 Å². The van der Waals surface area contributed by atoms with Crippen molar-refractivity contribution in [2.45, 2.75) is 26.2 Å². The normalized spacial score (nSPS) is 11.6. The molecule has 0 bridgehead atoms. The van der Waals surface area contributed by atoms with Crippen LogP contribution in [0.25, 0.3) is 11.3 Å². The topological polar surface area (TPSA) is 72.4 Å². The van der Waals surface area contributed by atoms with Crippen LogP contribution in [0.5, 0.6) is 0 Å². The van der Waals surface area contributed by atoms with Crippen LogP contribution in [-0.4, -0.2) is 35.7 Å². The molecule has 0 atom stereocenters. The molecule has 7 heteroatoms. The highest BCUT2D eigenvalue weighted by molar-refractivity contribution is 5.66. The van der Waals surface area contributed by atoms with Crippen molar-refractivity contribution in [3.63, 3.8) is 0 Å². The van der Waals surface area contributed by atoms with Crippen LogP contribution in [0.15, 0.2) is 43.0 Å². The van der Waals surface area contributed by atoms with Crippen molar-refractivity contribution in [2.24, 2.45) is 0 Å². The number of nitrogens with zero attached hydrogens (tertiary/aromatic N) is 6. The van der Waals surface area contributed by atoms with Crippen LogP contribution < -0.4 is 5.32 Å². The summed E-state index contributed by atoms with van der Waals surface area (Å²) in [6.45, 7) is 5.02. The molecule has 1 N–H and O–H groups in total. The number of nitrogens with one attached hydrogen (secondary N) is 1. The summed E-state index contributed by atoms with van der Waals surface area (Å²) in [7, 11) is 0. The van der Waals surface area contributed by atoms with Gasteiger partial charge in [-0.05, 0) is 24.1 Å². The molecule has 4 rings (SSSR count). The van der Waals surface area contributed by atoms with Crippen LogP contribution in [0.3, 0.4) is 0 Å². The first-order valence-electron chi connectivity index (χ1n) is 8.08. The van der Waals surface area contributed by atoms with E-state index in [0.29, 0.717) is 5.92 Å². The smallest absolute Gasteiger partial charge is 0.200 e. The molecule has 0 saturated carbocycles. The second-order valence-electron chi connectivity index (χ2n) is 6.11. The molecular formula is C17H19N7. The highest BCUT2D eigenvalue weighted by Crippen LogP contribution is 2.20. The SMILES string of the molecule is CC(C)c1cc(NCCc2cn3ccccc3n2)c2nncn2n1. The monoisotopic (exact) mass is 321 g/mol. The molecule has 0 amide bonds. The van der Waals surface area contributed by atoms with Crippen molar-refractivity contribution in [3.8, 4) is 0 Å². The Morgan fingerprint density at radius 1 is 1.25 bits per heavy atom. The second kappa shape index (κ2) is 5.92. The molecule has 0 aromatic carbocycles. The minimum absolute atomic E-state index is 0.343. The minimum Gasteiger partial charge on any atom is -0.381 e. The predicted molar refractivity (Wildman–Crippen MR) is 92.3 cm³/mol. The van der Waals surface area contributed by atoms with Gasteiger partial charge in [0.15, 0.2) is 0 Å². The van der Waals surface area contributed by atoms with Crippen molar-refractivity contribution in [1.82, 2.24) is 29.2 Å². The molecule has 0 aliphatic rings. The molecule has 122 valence electrons. The molecule has 24 heavy (non-hydrogen) atoms. The van der Waals surface area contributed by atoms with Gasteiger partial charge in [0.1, 0.15) is 12.0 Å². The van der Waals surface area contributed by atoms with E-state index in [1.54, 1.807) is 10.8 Å². The fourth-order valence-electron chi connectivity index (χ4n) is 2.69. The van der Waals surface area contributed by atoms with E-state index in [-0.39, 0.29) is 0 Å². The quantitative estimate of drug-likeness (QED) is 0.611. The van der Waals surface area contributed by atoms with Crippen LogP contribution >= 0.6 is 0 Å². The summed E-state index contributed by atoms with van der Waals surface area (Å²) in [6, 6.07) is 8.06. The molecule has 0 unspecified atom stereocenters. The number of pyridine rings is 1. The van der Waals surface area contributed by atoms with E-state index in [1.165, 1.54) is 0 Å². The lowest BCUT2D eigenvalue weighted by atomic mass is 10.1. The predicted octanol–water partition coefficient (Wildman–Crippen LogP) is 2.55. The second-order valence-corrected chi connectivity index (χ2v) is 6.11. The highest BCUT2D eigenvalue weighted by Gasteiger charge is 2.10. The molecule has 0 radical (unpaired) electrons. The summed E-state index contributed by atoms with van der Waals surface area (Å²) in [5.41, 5.74) is 4.74. The van der Waals surface area contributed by atoms with Gasteiger partial charge >= 0.3 is 0 Å². The van der Waals surface area contributed by atoms with Crippen molar-refractivity contribution < 1.29 is 0 Å². The van der Waals surface area contributed by atoms with Gasteiger partial charge in [0.05, 0.1) is 17.1 Å². The van der Waals surface area contributed by atoms with Crippen LogP contribution in [0.1, 0.15) is 31.2 Å². The fourth-order valence-corrected chi connectivity index (χ4v) is 2.69. The zero-order valence-electron chi connectivity index (χ0n) is 13.7. The standard InChI is InChI=1S/C17H19N7/c1-12(2)14-9-15(17-21-19-11-24(17)22-14)18-7-6-13-10-23-8-4-3-5-16(23)20-13/h3-5,8-12,18H,6-7H2,1-2H3. The maximum atomic E-state index is 4.62. The maximum Gasteiger partial charge on any atom is 0.200 e. The lowest BCUT2D eigenvalue weighted by molar-refractivity contribution is 0.762. The third-order valence-corrected chi connectivity index (χ3v) is 3.99. The molecule has 0 fully saturated rings.